The molecule has 4 rings (SSSR count). The van der Waals surface area contributed by atoms with Crippen LogP contribution in [0, 0.1) is 5.82 Å². The van der Waals surface area contributed by atoms with Gasteiger partial charge < -0.3 is 20.9 Å². The van der Waals surface area contributed by atoms with E-state index in [-0.39, 0.29) is 5.82 Å². The Morgan fingerprint density at radius 3 is 2.30 bits per heavy atom. The van der Waals surface area contributed by atoms with Crippen molar-refractivity contribution in [3.63, 3.8) is 0 Å². The molecule has 0 spiro atoms. The minimum atomic E-state index is -0.204. The lowest BCUT2D eigenvalue weighted by Crippen LogP contribution is -2.47. The number of hydrogen-bond acceptors (Lipinski definition) is 6. The van der Waals surface area contributed by atoms with Crippen LogP contribution in [0.5, 0.6) is 0 Å². The molecule has 1 aliphatic carbocycles. The largest absolute Gasteiger partial charge is 0.393 e. The molecule has 2 aliphatic rings. The molecule has 0 bridgehead atoms. The van der Waals surface area contributed by atoms with Gasteiger partial charge in [0.1, 0.15) is 17.8 Å². The fourth-order valence-corrected chi connectivity index (χ4v) is 4.02. The summed E-state index contributed by atoms with van der Waals surface area (Å²) in [4.78, 5) is 13.3. The Balaban J connectivity index is 1.42. The number of nitrogens with one attached hydrogen (secondary N) is 1. The van der Waals surface area contributed by atoms with E-state index in [4.69, 9.17) is 5.73 Å². The number of hydrogen-bond donors (Lipinski definition) is 2. The van der Waals surface area contributed by atoms with Crippen LogP contribution in [0.3, 0.4) is 0 Å². The van der Waals surface area contributed by atoms with Crippen molar-refractivity contribution in [3.05, 3.63) is 36.4 Å². The second-order valence-corrected chi connectivity index (χ2v) is 7.39. The van der Waals surface area contributed by atoms with Gasteiger partial charge in [0.2, 0.25) is 0 Å². The minimum absolute atomic E-state index is 0.204. The molecule has 1 aromatic carbocycles. The zero-order valence-corrected chi connectivity index (χ0v) is 15.6. The molecule has 2 aromatic rings. The Kier molecular flexibility index (Phi) is 5.27. The van der Waals surface area contributed by atoms with Crippen molar-refractivity contribution in [3.8, 4) is 0 Å². The van der Waals surface area contributed by atoms with Crippen LogP contribution in [-0.4, -0.2) is 42.2 Å². The van der Waals surface area contributed by atoms with E-state index in [0.29, 0.717) is 11.7 Å². The average molecular weight is 370 g/mol. The normalized spacial score (nSPS) is 18.6. The van der Waals surface area contributed by atoms with Gasteiger partial charge in [-0.05, 0) is 37.1 Å². The predicted molar refractivity (Wildman–Crippen MR) is 108 cm³/mol. The highest BCUT2D eigenvalue weighted by molar-refractivity contribution is 5.75. The Labute approximate surface area is 159 Å². The number of halogens is 1. The number of nitrogens with two attached hydrogens (primary N) is 1. The van der Waals surface area contributed by atoms with Gasteiger partial charge in [-0.1, -0.05) is 19.3 Å². The van der Waals surface area contributed by atoms with E-state index in [9.17, 15) is 4.39 Å². The maximum atomic E-state index is 13.1. The zero-order chi connectivity index (χ0) is 18.6. The van der Waals surface area contributed by atoms with Crippen LogP contribution in [0.25, 0.3) is 0 Å². The molecule has 0 atom stereocenters. The molecule has 0 amide bonds. The number of piperazine rings is 1. The second-order valence-electron chi connectivity index (χ2n) is 7.39. The molecule has 1 saturated heterocycles. The third kappa shape index (κ3) is 4.07. The fourth-order valence-electron chi connectivity index (χ4n) is 4.02. The third-order valence-electron chi connectivity index (χ3n) is 5.58. The van der Waals surface area contributed by atoms with Gasteiger partial charge in [0.05, 0.1) is 0 Å². The van der Waals surface area contributed by atoms with Crippen LogP contribution in [-0.2, 0) is 0 Å². The van der Waals surface area contributed by atoms with Crippen molar-refractivity contribution in [1.82, 2.24) is 9.97 Å². The highest BCUT2D eigenvalue weighted by Crippen LogP contribution is 2.30. The summed E-state index contributed by atoms with van der Waals surface area (Å²) in [6.07, 6.45) is 7.80. The molecule has 1 aromatic heterocycles. The highest BCUT2D eigenvalue weighted by atomic mass is 19.1. The van der Waals surface area contributed by atoms with E-state index in [1.54, 1.807) is 6.33 Å². The Morgan fingerprint density at radius 2 is 1.59 bits per heavy atom. The first-order valence-electron chi connectivity index (χ1n) is 9.83. The summed E-state index contributed by atoms with van der Waals surface area (Å²) in [7, 11) is 0. The SMILES string of the molecule is Nc1c(NC2CCCCC2)ncnc1N1CCN(c2ccc(F)cc2)CC1. The van der Waals surface area contributed by atoms with E-state index in [2.05, 4.69) is 25.1 Å². The molecular weight excluding hydrogens is 343 g/mol. The molecule has 0 unspecified atom stereocenters. The Hall–Kier alpha value is -2.57. The van der Waals surface area contributed by atoms with Gasteiger partial charge in [-0.25, -0.2) is 14.4 Å². The highest BCUT2D eigenvalue weighted by Gasteiger charge is 2.22. The summed E-state index contributed by atoms with van der Waals surface area (Å²) in [5.74, 6) is 1.36. The first-order chi connectivity index (χ1) is 13.2. The first-order valence-corrected chi connectivity index (χ1v) is 9.83. The van der Waals surface area contributed by atoms with Crippen molar-refractivity contribution >= 4 is 23.0 Å². The van der Waals surface area contributed by atoms with Gasteiger partial charge in [0.25, 0.3) is 0 Å². The zero-order valence-electron chi connectivity index (χ0n) is 15.6. The quantitative estimate of drug-likeness (QED) is 0.861. The number of anilines is 4. The molecule has 2 heterocycles. The van der Waals surface area contributed by atoms with Gasteiger partial charge >= 0.3 is 0 Å². The van der Waals surface area contributed by atoms with Crippen molar-refractivity contribution in [2.75, 3.05) is 47.0 Å². The number of benzene rings is 1. The van der Waals surface area contributed by atoms with Crippen molar-refractivity contribution in [2.24, 2.45) is 0 Å². The summed E-state index contributed by atoms with van der Waals surface area (Å²) >= 11 is 0. The summed E-state index contributed by atoms with van der Waals surface area (Å²) < 4.78 is 13.1. The van der Waals surface area contributed by atoms with Crippen LogP contribution in [0.4, 0.5) is 27.4 Å². The number of nitrogen functional groups attached to an aromatic ring is 1. The van der Waals surface area contributed by atoms with Crippen molar-refractivity contribution in [2.45, 2.75) is 38.1 Å². The van der Waals surface area contributed by atoms with Gasteiger partial charge in [0, 0.05) is 37.9 Å². The summed E-state index contributed by atoms with van der Waals surface area (Å²) in [6, 6.07) is 7.13. The van der Waals surface area contributed by atoms with Crippen LogP contribution in [0.1, 0.15) is 32.1 Å². The average Bonchev–Trinajstić information content (AvgIpc) is 2.71. The van der Waals surface area contributed by atoms with E-state index in [1.807, 2.05) is 12.1 Å². The number of rotatable bonds is 4. The number of nitrogens with zero attached hydrogens (tertiary/aromatic N) is 4. The molecular formula is C20H27FN6. The maximum Gasteiger partial charge on any atom is 0.157 e. The van der Waals surface area contributed by atoms with Gasteiger partial charge in [0.15, 0.2) is 11.6 Å². The van der Waals surface area contributed by atoms with E-state index in [1.165, 1.54) is 44.2 Å². The molecule has 0 radical (unpaired) electrons. The molecule has 7 heteroatoms. The minimum Gasteiger partial charge on any atom is -0.393 e. The smallest absolute Gasteiger partial charge is 0.157 e. The van der Waals surface area contributed by atoms with Crippen LogP contribution >= 0.6 is 0 Å². The van der Waals surface area contributed by atoms with Gasteiger partial charge in [-0.2, -0.15) is 0 Å². The lowest BCUT2D eigenvalue weighted by atomic mass is 9.95. The second kappa shape index (κ2) is 7.98. The molecule has 6 nitrogen and oxygen atoms in total. The summed E-state index contributed by atoms with van der Waals surface area (Å²) in [5, 5.41) is 3.52. The molecule has 27 heavy (non-hydrogen) atoms. The van der Waals surface area contributed by atoms with Crippen LogP contribution < -0.4 is 20.9 Å². The molecule has 3 N–H and O–H groups in total. The molecule has 144 valence electrons. The predicted octanol–water partition coefficient (Wildman–Crippen LogP) is 3.27. The van der Waals surface area contributed by atoms with Crippen LogP contribution in [0.15, 0.2) is 30.6 Å². The number of aromatic nitrogens is 2. The topological polar surface area (TPSA) is 70.3 Å². The maximum absolute atomic E-state index is 13.1. The molecule has 1 saturated carbocycles. The van der Waals surface area contributed by atoms with Gasteiger partial charge in [-0.15, -0.1) is 0 Å². The molecule has 1 aliphatic heterocycles. The Bertz CT molecular complexity index is 752. The van der Waals surface area contributed by atoms with E-state index in [0.717, 1.165) is 43.5 Å². The van der Waals surface area contributed by atoms with Crippen molar-refractivity contribution in [1.29, 1.82) is 0 Å². The summed E-state index contributed by atoms with van der Waals surface area (Å²) in [6.45, 7) is 3.34. The Morgan fingerprint density at radius 1 is 0.926 bits per heavy atom. The fraction of sp³-hybridized carbons (Fsp3) is 0.500. The molecule has 2 fully saturated rings. The lowest BCUT2D eigenvalue weighted by molar-refractivity contribution is 0.462. The van der Waals surface area contributed by atoms with Gasteiger partial charge in [-0.3, -0.25) is 0 Å². The third-order valence-corrected chi connectivity index (χ3v) is 5.58. The van der Waals surface area contributed by atoms with Crippen molar-refractivity contribution < 1.29 is 4.39 Å². The van der Waals surface area contributed by atoms with E-state index < -0.39 is 0 Å². The standard InChI is InChI=1S/C20H27FN6/c21-15-6-8-17(9-7-15)26-10-12-27(13-11-26)20-18(22)19(23-14-24-20)25-16-4-2-1-3-5-16/h6-9,14,16H,1-5,10-13,22H2,(H,23,24,25). The van der Waals surface area contributed by atoms with Crippen LogP contribution in [0.2, 0.25) is 0 Å². The van der Waals surface area contributed by atoms with E-state index >= 15 is 0 Å². The first kappa shape index (κ1) is 17.8. The monoisotopic (exact) mass is 370 g/mol. The lowest BCUT2D eigenvalue weighted by Gasteiger charge is -2.37. The summed E-state index contributed by atoms with van der Waals surface area (Å²) in [5.41, 5.74) is 8.09.